The molecule has 3 aromatic heterocycles. The first kappa shape index (κ1) is 25.1. The van der Waals surface area contributed by atoms with E-state index in [9.17, 15) is 14.4 Å². The number of pyridine rings is 1. The summed E-state index contributed by atoms with van der Waals surface area (Å²) in [5, 5.41) is 5.99. The van der Waals surface area contributed by atoms with Crippen molar-refractivity contribution in [3.8, 4) is 0 Å². The zero-order valence-electron chi connectivity index (χ0n) is 23.8. The van der Waals surface area contributed by atoms with E-state index in [1.165, 1.54) is 0 Å². The fourth-order valence-electron chi connectivity index (χ4n) is 7.54. The van der Waals surface area contributed by atoms with Gasteiger partial charge in [-0.3, -0.25) is 19.9 Å². The van der Waals surface area contributed by atoms with Crippen molar-refractivity contribution in [1.29, 1.82) is 0 Å². The Morgan fingerprint density at radius 1 is 0.750 bits per heavy atom. The van der Waals surface area contributed by atoms with Crippen LogP contribution in [0.15, 0.2) is 73.1 Å². The van der Waals surface area contributed by atoms with Gasteiger partial charge >= 0.3 is 6.09 Å². The fourth-order valence-corrected chi connectivity index (χ4v) is 7.54. The Kier molecular flexibility index (Phi) is 5.32. The van der Waals surface area contributed by atoms with Crippen LogP contribution in [0.1, 0.15) is 27.1 Å². The van der Waals surface area contributed by atoms with Gasteiger partial charge in [0, 0.05) is 89.8 Å². The second kappa shape index (κ2) is 9.31. The molecular formula is C34H28N6O4. The lowest BCUT2D eigenvalue weighted by Crippen LogP contribution is -2.49. The summed E-state index contributed by atoms with van der Waals surface area (Å²) in [4.78, 5) is 48.4. The summed E-state index contributed by atoms with van der Waals surface area (Å²) in [5.41, 5.74) is 5.74. The first-order valence-electron chi connectivity index (χ1n) is 15.0. The predicted octanol–water partition coefficient (Wildman–Crippen LogP) is 4.91. The molecule has 3 aromatic carbocycles. The highest BCUT2D eigenvalue weighted by molar-refractivity contribution is 6.39. The van der Waals surface area contributed by atoms with Crippen LogP contribution in [0.4, 0.5) is 10.5 Å². The number of rotatable bonds is 2. The molecular weight excluding hydrogens is 556 g/mol. The standard InChI is InChI=1S/C34H28N6O4/c41-32-28-26-22-5-1-3-7-24(22)39-14-11-21(44-34(43)38-17-15-37(16-18-38)20-9-12-35-13-10-20)19-40-25-8-4-2-6-23(25)27(31(40)30(26)39)29(28)33(42)36-32/h1-10,12-13,21H,11,14-19H2,(H,36,41,42). The lowest BCUT2D eigenvalue weighted by atomic mass is 9.96. The van der Waals surface area contributed by atoms with Crippen LogP contribution in [0.2, 0.25) is 0 Å². The maximum absolute atomic E-state index is 13.6. The minimum atomic E-state index is -0.396. The molecule has 44 heavy (non-hydrogen) atoms. The minimum Gasteiger partial charge on any atom is -0.444 e. The van der Waals surface area contributed by atoms with Gasteiger partial charge in [-0.15, -0.1) is 0 Å². The summed E-state index contributed by atoms with van der Waals surface area (Å²) in [5.74, 6) is -0.730. The van der Waals surface area contributed by atoms with Gasteiger partial charge in [0.1, 0.15) is 6.10 Å². The third-order valence-corrected chi connectivity index (χ3v) is 9.49. The molecule has 0 spiro atoms. The number of piperazine rings is 1. The average Bonchev–Trinajstić information content (AvgIpc) is 3.65. The van der Waals surface area contributed by atoms with E-state index in [1.807, 2.05) is 54.6 Å². The second-order valence-electron chi connectivity index (χ2n) is 11.8. The number of benzene rings is 3. The monoisotopic (exact) mass is 584 g/mol. The van der Waals surface area contributed by atoms with E-state index in [0.717, 1.165) is 62.4 Å². The number of imide groups is 1. The summed E-state index contributed by atoms with van der Waals surface area (Å²) in [6, 6.07) is 20.0. The number of hydrogen-bond acceptors (Lipinski definition) is 6. The molecule has 0 aliphatic carbocycles. The molecule has 3 amide bonds. The molecule has 6 aromatic rings. The molecule has 1 fully saturated rings. The number of carbonyl (C=O) groups excluding carboxylic acids is 3. The number of hydrogen-bond donors (Lipinski definition) is 1. The van der Waals surface area contributed by atoms with Crippen molar-refractivity contribution in [1.82, 2.24) is 24.3 Å². The molecule has 0 saturated carbocycles. The van der Waals surface area contributed by atoms with Gasteiger partial charge in [0.2, 0.25) is 0 Å². The highest BCUT2D eigenvalue weighted by Crippen LogP contribution is 2.45. The molecule has 10 heteroatoms. The molecule has 6 heterocycles. The van der Waals surface area contributed by atoms with Gasteiger partial charge in [0.25, 0.3) is 11.8 Å². The van der Waals surface area contributed by atoms with E-state index in [4.69, 9.17) is 4.74 Å². The van der Waals surface area contributed by atoms with Gasteiger partial charge in [-0.1, -0.05) is 36.4 Å². The zero-order valence-corrected chi connectivity index (χ0v) is 23.8. The van der Waals surface area contributed by atoms with E-state index >= 15 is 0 Å². The van der Waals surface area contributed by atoms with E-state index in [1.54, 1.807) is 17.3 Å². The van der Waals surface area contributed by atoms with Crippen LogP contribution in [0.25, 0.3) is 43.6 Å². The predicted molar refractivity (Wildman–Crippen MR) is 167 cm³/mol. The summed E-state index contributed by atoms with van der Waals surface area (Å²) >= 11 is 0. The van der Waals surface area contributed by atoms with Crippen LogP contribution in [0.3, 0.4) is 0 Å². The van der Waals surface area contributed by atoms with Gasteiger partial charge in [-0.25, -0.2) is 4.79 Å². The van der Waals surface area contributed by atoms with E-state index in [2.05, 4.69) is 30.4 Å². The van der Waals surface area contributed by atoms with Crippen molar-refractivity contribution in [2.45, 2.75) is 25.6 Å². The summed E-state index contributed by atoms with van der Waals surface area (Å²) in [7, 11) is 0. The molecule has 1 saturated heterocycles. The second-order valence-corrected chi connectivity index (χ2v) is 11.8. The Morgan fingerprint density at radius 3 is 2.00 bits per heavy atom. The number of fused-ring (bicyclic) bond motifs is 9. The molecule has 1 atom stereocenters. The normalized spacial score (nSPS) is 18.3. The number of anilines is 1. The first-order valence-corrected chi connectivity index (χ1v) is 15.0. The van der Waals surface area contributed by atoms with Crippen molar-refractivity contribution in [2.75, 3.05) is 31.1 Å². The van der Waals surface area contributed by atoms with Crippen LogP contribution in [-0.4, -0.2) is 69.2 Å². The van der Waals surface area contributed by atoms with E-state index in [-0.39, 0.29) is 17.9 Å². The van der Waals surface area contributed by atoms with Crippen molar-refractivity contribution in [3.63, 3.8) is 0 Å². The van der Waals surface area contributed by atoms with Gasteiger partial charge in [-0.05, 0) is 24.3 Å². The maximum Gasteiger partial charge on any atom is 0.410 e. The topological polar surface area (TPSA) is 102 Å². The number of amides is 3. The molecule has 1 unspecified atom stereocenters. The number of nitrogens with one attached hydrogen (secondary N) is 1. The number of carbonyl (C=O) groups is 3. The van der Waals surface area contributed by atoms with Crippen molar-refractivity contribution < 1.29 is 19.1 Å². The van der Waals surface area contributed by atoms with Crippen LogP contribution in [0.5, 0.6) is 0 Å². The van der Waals surface area contributed by atoms with Gasteiger partial charge in [0.15, 0.2) is 0 Å². The Bertz CT molecular complexity index is 2190. The lowest BCUT2D eigenvalue weighted by molar-refractivity contribution is 0.0487. The van der Waals surface area contributed by atoms with Crippen molar-refractivity contribution in [2.24, 2.45) is 0 Å². The Labute approximate surface area is 251 Å². The highest BCUT2D eigenvalue weighted by atomic mass is 16.6. The number of para-hydroxylation sites is 2. The third-order valence-electron chi connectivity index (χ3n) is 9.49. The molecule has 218 valence electrons. The van der Waals surface area contributed by atoms with Crippen LogP contribution in [-0.2, 0) is 17.8 Å². The van der Waals surface area contributed by atoms with Gasteiger partial charge in [0.05, 0.1) is 28.7 Å². The lowest BCUT2D eigenvalue weighted by Gasteiger charge is -2.36. The van der Waals surface area contributed by atoms with E-state index in [0.29, 0.717) is 43.7 Å². The van der Waals surface area contributed by atoms with Crippen LogP contribution in [0, 0.1) is 0 Å². The Morgan fingerprint density at radius 2 is 1.34 bits per heavy atom. The van der Waals surface area contributed by atoms with Crippen LogP contribution >= 0.6 is 0 Å². The van der Waals surface area contributed by atoms with Gasteiger partial charge < -0.3 is 23.7 Å². The number of nitrogens with zero attached hydrogens (tertiary/aromatic N) is 5. The summed E-state index contributed by atoms with van der Waals surface area (Å²) in [6.45, 7) is 3.63. The Balaban J connectivity index is 1.15. The number of aryl methyl sites for hydroxylation is 1. The SMILES string of the molecule is O=C1NC(=O)c2c1c1c3ccccc3n3c1c1c2c2ccccc2n1CC(OC(=O)N1CCN(c2ccncc2)CC1)CC3. The van der Waals surface area contributed by atoms with Crippen LogP contribution < -0.4 is 10.2 Å². The summed E-state index contributed by atoms with van der Waals surface area (Å²) in [6.07, 6.45) is 3.47. The molecule has 0 radical (unpaired) electrons. The molecule has 10 nitrogen and oxygen atoms in total. The third kappa shape index (κ3) is 3.48. The van der Waals surface area contributed by atoms with Crippen molar-refractivity contribution in [3.05, 3.63) is 84.2 Å². The Hall–Kier alpha value is -5.38. The highest BCUT2D eigenvalue weighted by Gasteiger charge is 2.38. The van der Waals surface area contributed by atoms with Crippen molar-refractivity contribution >= 4 is 67.2 Å². The minimum absolute atomic E-state index is 0.306. The van der Waals surface area contributed by atoms with E-state index < -0.39 is 6.10 Å². The molecule has 3 aliphatic heterocycles. The number of aromatic nitrogens is 3. The first-order chi connectivity index (χ1) is 21.6. The largest absolute Gasteiger partial charge is 0.444 e. The fraction of sp³-hybridized carbons (Fsp3) is 0.235. The smallest absolute Gasteiger partial charge is 0.410 e. The quantitative estimate of drug-likeness (QED) is 0.290. The van der Waals surface area contributed by atoms with Gasteiger partial charge in [-0.2, -0.15) is 0 Å². The molecule has 9 rings (SSSR count). The summed E-state index contributed by atoms with van der Waals surface area (Å²) < 4.78 is 10.7. The molecule has 3 aliphatic rings. The number of ether oxygens (including phenoxy) is 1. The molecule has 1 N–H and O–H groups in total. The zero-order chi connectivity index (χ0) is 29.5. The molecule has 0 bridgehead atoms. The maximum atomic E-state index is 13.6. The average molecular weight is 585 g/mol.